The monoisotopic (exact) mass is 271 g/mol. The van der Waals surface area contributed by atoms with Crippen molar-refractivity contribution in [1.82, 2.24) is 4.57 Å². The van der Waals surface area contributed by atoms with E-state index in [9.17, 15) is 4.79 Å². The average Bonchev–Trinajstić information content (AvgIpc) is 2.99. The van der Waals surface area contributed by atoms with Gasteiger partial charge >= 0.3 is 0 Å². The second kappa shape index (κ2) is 6.91. The number of hydrogen-bond acceptors (Lipinski definition) is 2. The predicted octanol–water partition coefficient (Wildman–Crippen LogP) is 2.79. The minimum Gasteiger partial charge on any atom is -0.330 e. The molecule has 0 saturated carbocycles. The van der Waals surface area contributed by atoms with Gasteiger partial charge in [0.05, 0.1) is 5.92 Å². The van der Waals surface area contributed by atoms with Gasteiger partial charge in [-0.15, -0.1) is 0 Å². The van der Waals surface area contributed by atoms with Crippen molar-refractivity contribution in [2.24, 2.45) is 11.7 Å². The van der Waals surface area contributed by atoms with Crippen LogP contribution < -0.4 is 11.1 Å². The van der Waals surface area contributed by atoms with Gasteiger partial charge in [0.15, 0.2) is 0 Å². The lowest BCUT2D eigenvalue weighted by molar-refractivity contribution is -0.119. The fourth-order valence-corrected chi connectivity index (χ4v) is 2.20. The Labute approximate surface area is 119 Å². The van der Waals surface area contributed by atoms with Gasteiger partial charge in [0.2, 0.25) is 5.91 Å². The van der Waals surface area contributed by atoms with Crippen LogP contribution in [0.25, 0.3) is 5.69 Å². The van der Waals surface area contributed by atoms with Crippen molar-refractivity contribution < 1.29 is 4.79 Å². The van der Waals surface area contributed by atoms with Gasteiger partial charge in [-0.05, 0) is 36.8 Å². The van der Waals surface area contributed by atoms with Crippen LogP contribution in [0.5, 0.6) is 0 Å². The van der Waals surface area contributed by atoms with Gasteiger partial charge < -0.3 is 15.6 Å². The second-order valence-electron chi connectivity index (χ2n) is 4.85. The summed E-state index contributed by atoms with van der Waals surface area (Å²) in [5.41, 5.74) is 7.48. The van der Waals surface area contributed by atoms with E-state index in [1.165, 1.54) is 0 Å². The number of anilines is 1. The third-order valence-corrected chi connectivity index (χ3v) is 3.31. The number of carbonyl (C=O) groups excluding carboxylic acids is 1. The Bertz CT molecular complexity index is 549. The van der Waals surface area contributed by atoms with E-state index in [1.807, 2.05) is 53.4 Å². The van der Waals surface area contributed by atoms with Crippen LogP contribution >= 0.6 is 0 Å². The molecule has 0 aliphatic heterocycles. The third-order valence-electron chi connectivity index (χ3n) is 3.31. The molecule has 0 saturated heterocycles. The van der Waals surface area contributed by atoms with Crippen molar-refractivity contribution in [3.63, 3.8) is 0 Å². The zero-order valence-electron chi connectivity index (χ0n) is 11.8. The molecular formula is C16H21N3O. The summed E-state index contributed by atoms with van der Waals surface area (Å²) in [6, 6.07) is 11.7. The smallest absolute Gasteiger partial charge is 0.228 e. The molecule has 0 spiro atoms. The quantitative estimate of drug-likeness (QED) is 0.848. The molecule has 4 nitrogen and oxygen atoms in total. The molecule has 1 amide bonds. The number of nitrogens with zero attached hydrogens (tertiary/aromatic N) is 1. The van der Waals surface area contributed by atoms with Crippen LogP contribution in [0.1, 0.15) is 19.8 Å². The van der Waals surface area contributed by atoms with Crippen LogP contribution in [0.15, 0.2) is 48.8 Å². The van der Waals surface area contributed by atoms with Gasteiger partial charge in [-0.25, -0.2) is 0 Å². The van der Waals surface area contributed by atoms with E-state index >= 15 is 0 Å². The molecule has 0 aliphatic carbocycles. The molecule has 0 fully saturated rings. The zero-order valence-corrected chi connectivity index (χ0v) is 11.8. The number of nitrogens with one attached hydrogen (secondary N) is 1. The summed E-state index contributed by atoms with van der Waals surface area (Å²) in [6.07, 6.45) is 5.72. The maximum Gasteiger partial charge on any atom is 0.228 e. The zero-order chi connectivity index (χ0) is 14.4. The number of amides is 1. The molecule has 1 heterocycles. The van der Waals surface area contributed by atoms with Crippen LogP contribution in [-0.4, -0.2) is 17.0 Å². The molecule has 0 bridgehead atoms. The Morgan fingerprint density at radius 3 is 2.70 bits per heavy atom. The molecule has 0 aliphatic rings. The van der Waals surface area contributed by atoms with Crippen LogP contribution in [0.3, 0.4) is 0 Å². The van der Waals surface area contributed by atoms with E-state index in [1.54, 1.807) is 0 Å². The Kier molecular flexibility index (Phi) is 4.96. The molecule has 1 aromatic carbocycles. The molecule has 0 radical (unpaired) electrons. The molecule has 1 aromatic heterocycles. The summed E-state index contributed by atoms with van der Waals surface area (Å²) in [6.45, 7) is 2.44. The summed E-state index contributed by atoms with van der Waals surface area (Å²) < 4.78 is 2.00. The largest absolute Gasteiger partial charge is 0.330 e. The van der Waals surface area contributed by atoms with Gasteiger partial charge in [-0.3, -0.25) is 4.79 Å². The fraction of sp³-hybridized carbons (Fsp3) is 0.312. The lowest BCUT2D eigenvalue weighted by Crippen LogP contribution is -2.29. The van der Waals surface area contributed by atoms with Crippen molar-refractivity contribution >= 4 is 11.6 Å². The van der Waals surface area contributed by atoms with Crippen molar-refractivity contribution in [1.29, 1.82) is 0 Å². The van der Waals surface area contributed by atoms with Crippen molar-refractivity contribution in [2.45, 2.75) is 19.8 Å². The van der Waals surface area contributed by atoms with E-state index in [4.69, 9.17) is 5.73 Å². The van der Waals surface area contributed by atoms with Crippen LogP contribution in [0.2, 0.25) is 0 Å². The summed E-state index contributed by atoms with van der Waals surface area (Å²) in [5.74, 6) is -0.116. The first-order valence-corrected chi connectivity index (χ1v) is 6.99. The number of nitrogens with two attached hydrogens (primary N) is 1. The Morgan fingerprint density at radius 1 is 1.30 bits per heavy atom. The molecule has 2 rings (SSSR count). The molecule has 4 heteroatoms. The second-order valence-corrected chi connectivity index (χ2v) is 4.85. The fourth-order valence-electron chi connectivity index (χ4n) is 2.20. The lowest BCUT2D eigenvalue weighted by Gasteiger charge is -2.14. The highest BCUT2D eigenvalue weighted by molar-refractivity contribution is 5.92. The maximum atomic E-state index is 12.1. The Hall–Kier alpha value is -2.07. The summed E-state index contributed by atoms with van der Waals surface area (Å²) in [4.78, 5) is 12.1. The first-order valence-electron chi connectivity index (χ1n) is 6.99. The number of carbonyl (C=O) groups is 1. The maximum absolute atomic E-state index is 12.1. The molecule has 1 atom stereocenters. The van der Waals surface area contributed by atoms with E-state index in [0.717, 1.165) is 24.2 Å². The number of benzene rings is 1. The minimum atomic E-state index is -0.116. The number of aromatic nitrogens is 1. The first-order chi connectivity index (χ1) is 9.74. The third kappa shape index (κ3) is 3.48. The van der Waals surface area contributed by atoms with E-state index in [-0.39, 0.29) is 11.8 Å². The molecular weight excluding hydrogens is 250 g/mol. The van der Waals surface area contributed by atoms with Crippen molar-refractivity contribution in [3.8, 4) is 5.69 Å². The lowest BCUT2D eigenvalue weighted by atomic mass is 10.0. The van der Waals surface area contributed by atoms with Gasteiger partial charge in [0.1, 0.15) is 0 Å². The van der Waals surface area contributed by atoms with Gasteiger partial charge in [-0.2, -0.15) is 0 Å². The minimum absolute atomic E-state index is 0.000920. The Morgan fingerprint density at radius 2 is 2.05 bits per heavy atom. The SMILES string of the molecule is CCCC(CN)C(=O)Nc1cccc(-n2cccc2)c1. The average molecular weight is 271 g/mol. The topological polar surface area (TPSA) is 60.1 Å². The predicted molar refractivity (Wildman–Crippen MR) is 81.9 cm³/mol. The Balaban J connectivity index is 2.10. The number of hydrogen-bond donors (Lipinski definition) is 2. The van der Waals surface area contributed by atoms with Gasteiger partial charge in [0.25, 0.3) is 0 Å². The summed E-state index contributed by atoms with van der Waals surface area (Å²) >= 11 is 0. The number of rotatable bonds is 6. The highest BCUT2D eigenvalue weighted by Crippen LogP contribution is 2.16. The van der Waals surface area contributed by atoms with Crippen molar-refractivity contribution in [2.75, 3.05) is 11.9 Å². The summed E-state index contributed by atoms with van der Waals surface area (Å²) in [5, 5.41) is 2.95. The van der Waals surface area contributed by atoms with Gasteiger partial charge in [0, 0.05) is 30.3 Å². The molecule has 1 unspecified atom stereocenters. The van der Waals surface area contributed by atoms with Crippen molar-refractivity contribution in [3.05, 3.63) is 48.8 Å². The summed E-state index contributed by atoms with van der Waals surface area (Å²) in [7, 11) is 0. The van der Waals surface area contributed by atoms with Gasteiger partial charge in [-0.1, -0.05) is 19.4 Å². The van der Waals surface area contributed by atoms with E-state index in [0.29, 0.717) is 6.54 Å². The van der Waals surface area contributed by atoms with E-state index in [2.05, 4.69) is 12.2 Å². The molecule has 2 aromatic rings. The highest BCUT2D eigenvalue weighted by Gasteiger charge is 2.15. The van der Waals surface area contributed by atoms with Crippen LogP contribution in [0, 0.1) is 5.92 Å². The molecule has 3 N–H and O–H groups in total. The normalized spacial score (nSPS) is 12.1. The molecule has 106 valence electrons. The van der Waals surface area contributed by atoms with Crippen LogP contribution in [-0.2, 0) is 4.79 Å². The molecule has 20 heavy (non-hydrogen) atoms. The standard InChI is InChI=1S/C16H21N3O/c1-2-6-13(12-17)16(20)18-14-7-5-8-15(11-14)19-9-3-4-10-19/h3-5,7-11,13H,2,6,12,17H2,1H3,(H,18,20). The van der Waals surface area contributed by atoms with E-state index < -0.39 is 0 Å². The van der Waals surface area contributed by atoms with Crippen LogP contribution in [0.4, 0.5) is 5.69 Å². The first kappa shape index (κ1) is 14.3. The highest BCUT2D eigenvalue weighted by atomic mass is 16.1.